The Labute approximate surface area is 211 Å². The van der Waals surface area contributed by atoms with Crippen LogP contribution in [0.2, 0.25) is 0 Å². The monoisotopic (exact) mass is 508 g/mol. The highest BCUT2D eigenvalue weighted by Crippen LogP contribution is 2.32. The van der Waals surface area contributed by atoms with Crippen molar-refractivity contribution in [3.05, 3.63) is 77.9 Å². The number of fused-ring (bicyclic) bond motifs is 1. The van der Waals surface area contributed by atoms with E-state index in [-0.39, 0.29) is 11.7 Å². The lowest BCUT2D eigenvalue weighted by molar-refractivity contribution is -0.118. The van der Waals surface area contributed by atoms with Gasteiger partial charge in [-0.1, -0.05) is 84.2 Å². The molecule has 1 amide bonds. The minimum Gasteiger partial charge on any atom is -0.494 e. The largest absolute Gasteiger partial charge is 0.494 e. The number of hydrazone groups is 1. The Hall–Kier alpha value is -2.88. The molecule has 0 saturated carbocycles. The molecule has 1 N–H and O–H groups in total. The maximum atomic E-state index is 12.1. The molecular formula is C25H24N4O2S3. The fraction of sp³-hybridized carbons (Fsp3) is 0.200. The summed E-state index contributed by atoms with van der Waals surface area (Å²) in [6.07, 6.45) is 2.58. The minimum atomic E-state index is -0.190. The molecule has 0 aliphatic carbocycles. The van der Waals surface area contributed by atoms with E-state index in [1.54, 1.807) is 18.0 Å². The molecule has 0 aliphatic heterocycles. The Bertz CT molecular complexity index is 1250. The number of rotatable bonds is 11. The first-order valence-corrected chi connectivity index (χ1v) is 13.6. The average molecular weight is 509 g/mol. The van der Waals surface area contributed by atoms with E-state index in [9.17, 15) is 4.79 Å². The minimum absolute atomic E-state index is 0.190. The number of nitrogens with one attached hydrogen (secondary N) is 1. The summed E-state index contributed by atoms with van der Waals surface area (Å²) in [5, 5.41) is 15.0. The first-order valence-electron chi connectivity index (χ1n) is 10.8. The molecule has 0 fully saturated rings. The highest BCUT2D eigenvalue weighted by molar-refractivity contribution is 8.03. The van der Waals surface area contributed by atoms with Crippen molar-refractivity contribution in [3.8, 4) is 5.75 Å². The smallest absolute Gasteiger partial charge is 0.250 e. The lowest BCUT2D eigenvalue weighted by atomic mass is 10.1. The molecule has 4 aromatic rings. The van der Waals surface area contributed by atoms with Crippen LogP contribution in [0.1, 0.15) is 24.5 Å². The van der Waals surface area contributed by atoms with Crippen molar-refractivity contribution >= 4 is 57.8 Å². The highest BCUT2D eigenvalue weighted by atomic mass is 32.2. The second-order valence-electron chi connectivity index (χ2n) is 7.26. The van der Waals surface area contributed by atoms with Gasteiger partial charge in [0.1, 0.15) is 5.75 Å². The molecule has 6 nitrogen and oxygen atoms in total. The zero-order chi connectivity index (χ0) is 23.6. The molecule has 3 aromatic carbocycles. The number of carbonyl (C=O) groups is 1. The summed E-state index contributed by atoms with van der Waals surface area (Å²) in [6.45, 7) is 2.76. The number of aromatic nitrogens is 2. The van der Waals surface area contributed by atoms with Gasteiger partial charge in [-0.25, -0.2) is 5.43 Å². The second-order valence-corrected chi connectivity index (χ2v) is 10.7. The number of benzene rings is 3. The van der Waals surface area contributed by atoms with Crippen LogP contribution in [0.3, 0.4) is 0 Å². The molecular weight excluding hydrogens is 485 g/mol. The third-order valence-corrected chi connectivity index (χ3v) is 7.94. The van der Waals surface area contributed by atoms with E-state index in [1.807, 2.05) is 24.3 Å². The van der Waals surface area contributed by atoms with Crippen molar-refractivity contribution in [2.45, 2.75) is 27.8 Å². The first-order chi connectivity index (χ1) is 16.7. The fourth-order valence-corrected chi connectivity index (χ4v) is 5.90. The summed E-state index contributed by atoms with van der Waals surface area (Å²) in [4.78, 5) is 12.1. The van der Waals surface area contributed by atoms with Crippen LogP contribution in [-0.2, 0) is 10.5 Å². The van der Waals surface area contributed by atoms with Gasteiger partial charge in [-0.2, -0.15) is 5.10 Å². The van der Waals surface area contributed by atoms with Gasteiger partial charge in [-0.05, 0) is 52.6 Å². The third-order valence-electron chi connectivity index (χ3n) is 4.70. The third kappa shape index (κ3) is 7.06. The normalized spacial score (nSPS) is 11.2. The van der Waals surface area contributed by atoms with Gasteiger partial charge in [0.05, 0.1) is 18.6 Å². The second kappa shape index (κ2) is 12.5. The Balaban J connectivity index is 1.21. The van der Waals surface area contributed by atoms with Gasteiger partial charge in [0, 0.05) is 5.75 Å². The number of nitrogens with zero attached hydrogens (tertiary/aromatic N) is 3. The van der Waals surface area contributed by atoms with Crippen LogP contribution in [0.15, 0.2) is 80.5 Å². The van der Waals surface area contributed by atoms with Crippen molar-refractivity contribution < 1.29 is 9.53 Å². The molecule has 0 saturated heterocycles. The van der Waals surface area contributed by atoms with Crippen LogP contribution in [0.4, 0.5) is 0 Å². The van der Waals surface area contributed by atoms with Crippen LogP contribution >= 0.6 is 34.9 Å². The molecule has 0 radical (unpaired) electrons. The molecule has 0 unspecified atom stereocenters. The summed E-state index contributed by atoms with van der Waals surface area (Å²) >= 11 is 4.52. The van der Waals surface area contributed by atoms with Crippen LogP contribution in [-0.4, -0.2) is 34.7 Å². The molecule has 0 bridgehead atoms. The van der Waals surface area contributed by atoms with Gasteiger partial charge in [-0.15, -0.1) is 10.2 Å². The summed E-state index contributed by atoms with van der Waals surface area (Å²) in [6, 6.07) is 22.3. The van der Waals surface area contributed by atoms with Crippen LogP contribution in [0, 0.1) is 0 Å². The Morgan fingerprint density at radius 2 is 1.79 bits per heavy atom. The molecule has 1 heterocycles. The quantitative estimate of drug-likeness (QED) is 0.152. The summed E-state index contributed by atoms with van der Waals surface area (Å²) in [5.41, 5.74) is 4.70. The van der Waals surface area contributed by atoms with E-state index < -0.39 is 0 Å². The van der Waals surface area contributed by atoms with Gasteiger partial charge in [0.15, 0.2) is 8.68 Å². The van der Waals surface area contributed by atoms with Gasteiger partial charge >= 0.3 is 0 Å². The number of hydrogen-bond donors (Lipinski definition) is 1. The van der Waals surface area contributed by atoms with Crippen molar-refractivity contribution in [1.82, 2.24) is 15.6 Å². The van der Waals surface area contributed by atoms with Crippen molar-refractivity contribution in [2.24, 2.45) is 5.10 Å². The van der Waals surface area contributed by atoms with E-state index >= 15 is 0 Å². The number of carbonyl (C=O) groups excluding carboxylic acids is 1. The molecule has 0 atom stereocenters. The molecule has 0 spiro atoms. The standard InChI is InChI=1S/C25H24N4O2S3/c1-2-14-31-21-12-10-18(11-13-21)15-26-27-23(30)17-33-25-29-28-24(34-25)32-16-20-8-5-7-19-6-3-4-9-22(19)20/h3-13,15H,2,14,16-17H2,1H3,(H,27,30). The average Bonchev–Trinajstić information content (AvgIpc) is 3.33. The van der Waals surface area contributed by atoms with E-state index in [0.717, 1.165) is 32.2 Å². The van der Waals surface area contributed by atoms with Crippen molar-refractivity contribution in [2.75, 3.05) is 12.4 Å². The van der Waals surface area contributed by atoms with Gasteiger partial charge in [-0.3, -0.25) is 4.79 Å². The number of hydrogen-bond acceptors (Lipinski definition) is 8. The fourth-order valence-electron chi connectivity index (χ4n) is 3.08. The lowest BCUT2D eigenvalue weighted by Gasteiger charge is -2.04. The molecule has 0 aliphatic rings. The number of thioether (sulfide) groups is 2. The predicted octanol–water partition coefficient (Wildman–Crippen LogP) is 6.01. The Kier molecular flexibility index (Phi) is 8.95. The highest BCUT2D eigenvalue weighted by Gasteiger charge is 2.09. The first kappa shape index (κ1) is 24.3. The molecule has 174 valence electrons. The molecule has 1 aromatic heterocycles. The molecule has 34 heavy (non-hydrogen) atoms. The zero-order valence-electron chi connectivity index (χ0n) is 18.6. The van der Waals surface area contributed by atoms with E-state index in [2.05, 4.69) is 70.1 Å². The number of amides is 1. The maximum absolute atomic E-state index is 12.1. The van der Waals surface area contributed by atoms with Gasteiger partial charge in [0.25, 0.3) is 5.91 Å². The Morgan fingerprint density at radius 1 is 1.03 bits per heavy atom. The Morgan fingerprint density at radius 3 is 2.62 bits per heavy atom. The SMILES string of the molecule is CCCOc1ccc(C=NNC(=O)CSc2nnc(SCc3cccc4ccccc34)s2)cc1. The number of ether oxygens (including phenoxy) is 1. The molecule has 4 rings (SSSR count). The van der Waals surface area contributed by atoms with Crippen LogP contribution in [0.5, 0.6) is 5.75 Å². The topological polar surface area (TPSA) is 76.5 Å². The van der Waals surface area contributed by atoms with E-state index in [4.69, 9.17) is 4.74 Å². The van der Waals surface area contributed by atoms with Gasteiger partial charge in [0.2, 0.25) is 0 Å². The maximum Gasteiger partial charge on any atom is 0.250 e. The van der Waals surface area contributed by atoms with Crippen LogP contribution < -0.4 is 10.2 Å². The van der Waals surface area contributed by atoms with Crippen molar-refractivity contribution in [3.63, 3.8) is 0 Å². The summed E-state index contributed by atoms with van der Waals surface area (Å²) in [7, 11) is 0. The van der Waals surface area contributed by atoms with E-state index in [0.29, 0.717) is 6.61 Å². The zero-order valence-corrected chi connectivity index (χ0v) is 21.1. The predicted molar refractivity (Wildman–Crippen MR) is 142 cm³/mol. The molecule has 9 heteroatoms. The van der Waals surface area contributed by atoms with Gasteiger partial charge < -0.3 is 4.74 Å². The lowest BCUT2D eigenvalue weighted by Crippen LogP contribution is -2.19. The van der Waals surface area contributed by atoms with Crippen molar-refractivity contribution in [1.29, 1.82) is 0 Å². The summed E-state index contributed by atoms with van der Waals surface area (Å²) < 4.78 is 7.21. The van der Waals surface area contributed by atoms with E-state index in [1.165, 1.54) is 39.4 Å². The summed E-state index contributed by atoms with van der Waals surface area (Å²) in [5.74, 6) is 1.68. The van der Waals surface area contributed by atoms with Crippen LogP contribution in [0.25, 0.3) is 10.8 Å².